The molecule has 1 amide bonds. The standard InChI is InChI=1S/C21H15ClN4O5S2/c1-2-33(29,30)21-25-26-17(23)16(18(27)24-20(26)32-21)11-12-3-9-15(10-4-12)31-19(28)13-5-7-14(22)8-6-13/h3-11,23H,2H2,1H3/b16-11+,23-17?. The first kappa shape index (κ1) is 22.9. The highest BCUT2D eigenvalue weighted by Gasteiger charge is 2.39. The number of carbonyl (C=O) groups is 2. The predicted octanol–water partition coefficient (Wildman–Crippen LogP) is 3.57. The van der Waals surface area contributed by atoms with Gasteiger partial charge in [-0.05, 0) is 59.8 Å². The van der Waals surface area contributed by atoms with E-state index < -0.39 is 21.7 Å². The average molecular weight is 503 g/mol. The van der Waals surface area contributed by atoms with E-state index in [1.807, 2.05) is 0 Å². The van der Waals surface area contributed by atoms with Crippen molar-refractivity contribution in [2.45, 2.75) is 6.92 Å². The summed E-state index contributed by atoms with van der Waals surface area (Å²) in [6.45, 7) is 1.48. The minimum absolute atomic E-state index is 0.0265. The Balaban J connectivity index is 1.52. The zero-order valence-corrected chi connectivity index (χ0v) is 19.4. The Morgan fingerprint density at radius 2 is 1.85 bits per heavy atom. The van der Waals surface area contributed by atoms with E-state index in [-0.39, 0.29) is 32.5 Å². The zero-order chi connectivity index (χ0) is 23.8. The molecule has 0 spiro atoms. The van der Waals surface area contributed by atoms with Gasteiger partial charge in [0.25, 0.3) is 5.91 Å². The van der Waals surface area contributed by atoms with Gasteiger partial charge in [0.1, 0.15) is 5.75 Å². The Kier molecular flexibility index (Phi) is 6.19. The molecule has 0 aliphatic carbocycles. The number of hydrogen-bond donors (Lipinski definition) is 1. The van der Waals surface area contributed by atoms with Gasteiger partial charge in [-0.1, -0.05) is 30.7 Å². The SMILES string of the molecule is CCS(=O)(=O)C1=NN2C(=N)/C(=C\c3ccc(OC(=O)c4ccc(Cl)cc4)cc3)C(=O)N=C2S1. The number of thioether (sulfide) groups is 1. The summed E-state index contributed by atoms with van der Waals surface area (Å²) in [5.41, 5.74) is 0.837. The number of halogens is 1. The van der Waals surface area contributed by atoms with Crippen molar-refractivity contribution in [3.63, 3.8) is 0 Å². The number of benzene rings is 2. The van der Waals surface area contributed by atoms with Crippen LogP contribution in [0.25, 0.3) is 6.08 Å². The van der Waals surface area contributed by atoms with E-state index in [0.717, 1.165) is 16.8 Å². The number of rotatable bonds is 4. The highest BCUT2D eigenvalue weighted by Crippen LogP contribution is 2.30. The number of nitrogens with zero attached hydrogens (tertiary/aromatic N) is 3. The molecule has 0 saturated heterocycles. The van der Waals surface area contributed by atoms with E-state index in [4.69, 9.17) is 21.7 Å². The van der Waals surface area contributed by atoms with Gasteiger partial charge < -0.3 is 4.74 Å². The van der Waals surface area contributed by atoms with Crippen molar-refractivity contribution < 1.29 is 22.7 Å². The average Bonchev–Trinajstić information content (AvgIpc) is 3.23. The molecule has 2 heterocycles. The molecule has 2 aromatic rings. The molecule has 0 saturated carbocycles. The number of amidine groups is 2. The van der Waals surface area contributed by atoms with E-state index >= 15 is 0 Å². The maximum atomic E-state index is 12.5. The van der Waals surface area contributed by atoms with Crippen molar-refractivity contribution in [1.82, 2.24) is 5.01 Å². The van der Waals surface area contributed by atoms with E-state index in [1.165, 1.54) is 13.0 Å². The second kappa shape index (κ2) is 8.93. The molecule has 0 aromatic heterocycles. The summed E-state index contributed by atoms with van der Waals surface area (Å²) in [6.07, 6.45) is 1.43. The lowest BCUT2D eigenvalue weighted by atomic mass is 10.1. The van der Waals surface area contributed by atoms with E-state index in [1.54, 1.807) is 48.5 Å². The van der Waals surface area contributed by atoms with Crippen LogP contribution in [-0.4, -0.2) is 46.4 Å². The minimum atomic E-state index is -3.60. The van der Waals surface area contributed by atoms with Crippen molar-refractivity contribution in [1.29, 1.82) is 5.41 Å². The van der Waals surface area contributed by atoms with Gasteiger partial charge >= 0.3 is 5.97 Å². The predicted molar refractivity (Wildman–Crippen MR) is 127 cm³/mol. The summed E-state index contributed by atoms with van der Waals surface area (Å²) >= 11 is 6.56. The van der Waals surface area contributed by atoms with Crippen LogP contribution in [0, 0.1) is 5.41 Å². The Morgan fingerprint density at radius 1 is 1.18 bits per heavy atom. The normalized spacial score (nSPS) is 17.0. The van der Waals surface area contributed by atoms with Crippen LogP contribution in [-0.2, 0) is 14.6 Å². The lowest BCUT2D eigenvalue weighted by Gasteiger charge is -2.20. The third-order valence-corrected chi connectivity index (χ3v) is 7.90. The molecule has 0 atom stereocenters. The van der Waals surface area contributed by atoms with Crippen LogP contribution in [0.5, 0.6) is 5.75 Å². The first-order valence-electron chi connectivity index (χ1n) is 9.49. The molecular formula is C21H15ClN4O5S2. The third kappa shape index (κ3) is 4.75. The summed E-state index contributed by atoms with van der Waals surface area (Å²) in [6, 6.07) is 12.6. The number of sulfone groups is 1. The van der Waals surface area contributed by atoms with Gasteiger partial charge in [0.15, 0.2) is 5.84 Å². The summed E-state index contributed by atoms with van der Waals surface area (Å²) in [4.78, 5) is 28.5. The fraction of sp³-hybridized carbons (Fsp3) is 0.0952. The Labute approximate surface area is 198 Å². The van der Waals surface area contributed by atoms with Crippen LogP contribution in [0.2, 0.25) is 5.02 Å². The first-order valence-corrected chi connectivity index (χ1v) is 12.3. The molecule has 0 bridgehead atoms. The lowest BCUT2D eigenvalue weighted by molar-refractivity contribution is -0.114. The molecule has 9 nitrogen and oxygen atoms in total. The maximum absolute atomic E-state index is 12.5. The topological polar surface area (TPSA) is 129 Å². The molecule has 0 fully saturated rings. The Bertz CT molecular complexity index is 1360. The van der Waals surface area contributed by atoms with Crippen LogP contribution < -0.4 is 4.74 Å². The van der Waals surface area contributed by atoms with Gasteiger partial charge in [-0.25, -0.2) is 13.2 Å². The minimum Gasteiger partial charge on any atom is -0.423 e. The molecule has 0 radical (unpaired) electrons. The van der Waals surface area contributed by atoms with Crippen LogP contribution in [0.3, 0.4) is 0 Å². The molecule has 1 N–H and O–H groups in total. The number of nitrogens with one attached hydrogen (secondary N) is 1. The summed E-state index contributed by atoms with van der Waals surface area (Å²) < 4.78 is 29.3. The fourth-order valence-corrected chi connectivity index (χ4v) is 5.06. The smallest absolute Gasteiger partial charge is 0.343 e. The number of amides is 1. The first-order chi connectivity index (χ1) is 15.7. The molecule has 0 unspecified atom stereocenters. The zero-order valence-electron chi connectivity index (χ0n) is 17.0. The van der Waals surface area contributed by atoms with Gasteiger partial charge in [-0.15, -0.1) is 5.10 Å². The van der Waals surface area contributed by atoms with Gasteiger partial charge in [-0.2, -0.15) is 10.0 Å². The van der Waals surface area contributed by atoms with Crippen LogP contribution in [0.15, 0.2) is 64.2 Å². The van der Waals surface area contributed by atoms with E-state index in [0.29, 0.717) is 16.1 Å². The molecule has 4 rings (SSSR count). The van der Waals surface area contributed by atoms with Crippen molar-refractivity contribution >= 4 is 66.5 Å². The fourth-order valence-electron chi connectivity index (χ4n) is 2.77. The monoisotopic (exact) mass is 502 g/mol. The number of carbonyl (C=O) groups excluding carboxylic acids is 2. The summed E-state index contributed by atoms with van der Waals surface area (Å²) in [5, 5.41) is 13.8. The number of fused-ring (bicyclic) bond motifs is 1. The van der Waals surface area contributed by atoms with Crippen LogP contribution in [0.1, 0.15) is 22.8 Å². The van der Waals surface area contributed by atoms with Crippen LogP contribution >= 0.6 is 23.4 Å². The second-order valence-electron chi connectivity index (χ2n) is 6.75. The van der Waals surface area contributed by atoms with Crippen molar-refractivity contribution in [2.75, 3.05) is 5.75 Å². The number of hydrogen-bond acceptors (Lipinski definition) is 8. The van der Waals surface area contributed by atoms with Crippen molar-refractivity contribution in [2.24, 2.45) is 10.1 Å². The molecule has 2 aromatic carbocycles. The maximum Gasteiger partial charge on any atom is 0.343 e. The van der Waals surface area contributed by atoms with E-state index in [9.17, 15) is 18.0 Å². The number of aliphatic imine (C=N–C) groups is 1. The quantitative estimate of drug-likeness (QED) is 0.384. The van der Waals surface area contributed by atoms with E-state index in [2.05, 4.69) is 10.1 Å². The van der Waals surface area contributed by atoms with Crippen molar-refractivity contribution in [3.8, 4) is 5.75 Å². The number of esters is 1. The van der Waals surface area contributed by atoms with Crippen LogP contribution in [0.4, 0.5) is 0 Å². The Morgan fingerprint density at radius 3 is 2.48 bits per heavy atom. The van der Waals surface area contributed by atoms with Crippen molar-refractivity contribution in [3.05, 3.63) is 70.3 Å². The van der Waals surface area contributed by atoms with Gasteiger partial charge in [-0.3, -0.25) is 10.2 Å². The summed E-state index contributed by atoms with van der Waals surface area (Å²) in [7, 11) is -3.60. The van der Waals surface area contributed by atoms with Gasteiger partial charge in [0.05, 0.1) is 16.9 Å². The molecule has 33 heavy (non-hydrogen) atoms. The molecule has 2 aliphatic rings. The number of hydrazone groups is 1. The highest BCUT2D eigenvalue weighted by atomic mass is 35.5. The molecule has 12 heteroatoms. The third-order valence-electron chi connectivity index (χ3n) is 4.56. The molecule has 168 valence electrons. The lowest BCUT2D eigenvalue weighted by Crippen LogP contribution is -2.35. The summed E-state index contributed by atoms with van der Waals surface area (Å²) in [5.74, 6) is -1.37. The van der Waals surface area contributed by atoms with Gasteiger partial charge in [0, 0.05) is 5.02 Å². The highest BCUT2D eigenvalue weighted by molar-refractivity contribution is 8.42. The number of ether oxygens (including phenoxy) is 1. The molecular weight excluding hydrogens is 488 g/mol. The largest absolute Gasteiger partial charge is 0.423 e. The Hall–Kier alpha value is -3.28. The second-order valence-corrected chi connectivity index (χ2v) is 10.6. The van der Waals surface area contributed by atoms with Gasteiger partial charge in [0.2, 0.25) is 19.4 Å². The molecule has 2 aliphatic heterocycles.